The Balaban J connectivity index is 1.41. The monoisotopic (exact) mass is 364 g/mol. The Hall–Kier alpha value is -1.99. The van der Waals surface area contributed by atoms with Crippen molar-refractivity contribution in [3.63, 3.8) is 0 Å². The van der Waals surface area contributed by atoms with Gasteiger partial charge in [-0.1, -0.05) is 13.8 Å². The zero-order chi connectivity index (χ0) is 18.4. The maximum atomic E-state index is 12.1. The summed E-state index contributed by atoms with van der Waals surface area (Å²) in [6.45, 7) is 7.32. The molecule has 7 heteroatoms. The number of amides is 2. The minimum atomic E-state index is -0.228. The highest BCUT2D eigenvalue weighted by Gasteiger charge is 2.36. The largest absolute Gasteiger partial charge is 0.486 e. The van der Waals surface area contributed by atoms with Crippen LogP contribution in [0.1, 0.15) is 33.1 Å². The molecule has 0 aliphatic carbocycles. The number of carbonyl (C=O) groups excluding carboxylic acids is 1. The highest BCUT2D eigenvalue weighted by atomic mass is 16.7. The van der Waals surface area contributed by atoms with Gasteiger partial charge >= 0.3 is 6.03 Å². The number of rotatable bonds is 7. The maximum absolute atomic E-state index is 12.1. The predicted octanol–water partition coefficient (Wildman–Crippen LogP) is 3.15. The van der Waals surface area contributed by atoms with Gasteiger partial charge in [0, 0.05) is 23.7 Å². The minimum Gasteiger partial charge on any atom is -0.486 e. The van der Waals surface area contributed by atoms with Gasteiger partial charge in [0.2, 0.25) is 0 Å². The van der Waals surface area contributed by atoms with Crippen LogP contribution < -0.4 is 20.1 Å². The highest BCUT2D eigenvalue weighted by Crippen LogP contribution is 2.36. The first-order valence-corrected chi connectivity index (χ1v) is 9.28. The van der Waals surface area contributed by atoms with E-state index in [9.17, 15) is 4.79 Å². The molecule has 1 saturated heterocycles. The molecule has 0 spiro atoms. The molecular weight excluding hydrogens is 336 g/mol. The van der Waals surface area contributed by atoms with E-state index < -0.39 is 0 Å². The van der Waals surface area contributed by atoms with Gasteiger partial charge in [0.15, 0.2) is 17.8 Å². The summed E-state index contributed by atoms with van der Waals surface area (Å²) in [4.78, 5) is 12.1. The second-order valence-corrected chi connectivity index (χ2v) is 6.92. The summed E-state index contributed by atoms with van der Waals surface area (Å²) in [5, 5.41) is 5.72. The summed E-state index contributed by atoms with van der Waals surface area (Å²) in [7, 11) is 0. The third kappa shape index (κ3) is 4.59. The third-order valence-electron chi connectivity index (χ3n) is 5.01. The van der Waals surface area contributed by atoms with E-state index in [1.165, 1.54) is 0 Å². The average Bonchev–Trinajstić information content (AvgIpc) is 3.20. The van der Waals surface area contributed by atoms with Crippen molar-refractivity contribution in [1.82, 2.24) is 5.32 Å². The second kappa shape index (κ2) is 8.60. The van der Waals surface area contributed by atoms with Gasteiger partial charge in [0.25, 0.3) is 0 Å². The van der Waals surface area contributed by atoms with Crippen LogP contribution in [0.2, 0.25) is 0 Å². The van der Waals surface area contributed by atoms with Gasteiger partial charge in [-0.25, -0.2) is 4.79 Å². The molecule has 2 aliphatic heterocycles. The molecule has 0 unspecified atom stereocenters. The molecule has 2 aliphatic rings. The molecule has 0 radical (unpaired) electrons. The summed E-state index contributed by atoms with van der Waals surface area (Å²) in [5.74, 6) is 1.36. The zero-order valence-corrected chi connectivity index (χ0v) is 15.5. The molecule has 1 aromatic carbocycles. The van der Waals surface area contributed by atoms with Crippen LogP contribution in [0.15, 0.2) is 18.2 Å². The number of benzene rings is 1. The first-order valence-electron chi connectivity index (χ1n) is 9.28. The number of fused-ring (bicyclic) bond motifs is 1. The fourth-order valence-electron chi connectivity index (χ4n) is 3.21. The van der Waals surface area contributed by atoms with Crippen LogP contribution in [0, 0.1) is 5.41 Å². The Kier molecular flexibility index (Phi) is 6.21. The SMILES string of the molecule is CC[C@@](C)(CCCNC(=O)Nc1ccc2c(c1)OCCO2)C1OCCO1. The van der Waals surface area contributed by atoms with E-state index in [2.05, 4.69) is 24.5 Å². The molecule has 0 saturated carbocycles. The number of hydrogen-bond donors (Lipinski definition) is 2. The van der Waals surface area contributed by atoms with Gasteiger partial charge in [-0.3, -0.25) is 0 Å². The van der Waals surface area contributed by atoms with Crippen molar-refractivity contribution in [3.05, 3.63) is 18.2 Å². The fraction of sp³-hybridized carbons (Fsp3) is 0.632. The Bertz CT molecular complexity index is 618. The summed E-state index contributed by atoms with van der Waals surface area (Å²) in [5.41, 5.74) is 0.655. The molecule has 1 atom stereocenters. The first kappa shape index (κ1) is 18.8. The molecule has 26 heavy (non-hydrogen) atoms. The Morgan fingerprint density at radius 3 is 2.62 bits per heavy atom. The lowest BCUT2D eigenvalue weighted by Gasteiger charge is -2.33. The van der Waals surface area contributed by atoms with Gasteiger partial charge in [0.1, 0.15) is 13.2 Å². The number of urea groups is 1. The van der Waals surface area contributed by atoms with E-state index in [0.29, 0.717) is 50.2 Å². The molecule has 1 fully saturated rings. The van der Waals surface area contributed by atoms with Crippen molar-refractivity contribution in [2.75, 3.05) is 38.3 Å². The van der Waals surface area contributed by atoms with Crippen LogP contribution in [0.4, 0.5) is 10.5 Å². The summed E-state index contributed by atoms with van der Waals surface area (Å²) < 4.78 is 22.3. The molecule has 1 aromatic rings. The second-order valence-electron chi connectivity index (χ2n) is 6.92. The molecule has 3 rings (SSSR count). The lowest BCUT2D eigenvalue weighted by Crippen LogP contribution is -2.35. The summed E-state index contributed by atoms with van der Waals surface area (Å²) >= 11 is 0. The van der Waals surface area contributed by atoms with Crippen molar-refractivity contribution >= 4 is 11.7 Å². The van der Waals surface area contributed by atoms with Crippen LogP contribution in [-0.4, -0.2) is 45.3 Å². The zero-order valence-electron chi connectivity index (χ0n) is 15.5. The van der Waals surface area contributed by atoms with E-state index in [1.807, 2.05) is 0 Å². The highest BCUT2D eigenvalue weighted by molar-refractivity contribution is 5.89. The number of nitrogens with one attached hydrogen (secondary N) is 2. The predicted molar refractivity (Wildman–Crippen MR) is 97.8 cm³/mol. The topological polar surface area (TPSA) is 78.1 Å². The van der Waals surface area contributed by atoms with Crippen LogP contribution in [-0.2, 0) is 9.47 Å². The summed E-state index contributed by atoms with van der Waals surface area (Å²) in [6, 6.07) is 5.15. The van der Waals surface area contributed by atoms with E-state index >= 15 is 0 Å². The molecule has 2 heterocycles. The fourth-order valence-corrected chi connectivity index (χ4v) is 3.21. The first-order chi connectivity index (χ1) is 12.6. The van der Waals surface area contributed by atoms with Gasteiger partial charge in [-0.05, 0) is 31.4 Å². The van der Waals surface area contributed by atoms with Crippen LogP contribution in [0.3, 0.4) is 0 Å². The quantitative estimate of drug-likeness (QED) is 0.727. The van der Waals surface area contributed by atoms with Gasteiger partial charge < -0.3 is 29.6 Å². The van der Waals surface area contributed by atoms with Gasteiger partial charge in [0.05, 0.1) is 13.2 Å². The lowest BCUT2D eigenvalue weighted by atomic mass is 9.82. The van der Waals surface area contributed by atoms with Crippen molar-refractivity contribution in [2.45, 2.75) is 39.4 Å². The summed E-state index contributed by atoms with van der Waals surface area (Å²) in [6.07, 6.45) is 2.63. The molecule has 7 nitrogen and oxygen atoms in total. The van der Waals surface area contributed by atoms with E-state index in [1.54, 1.807) is 18.2 Å². The van der Waals surface area contributed by atoms with Gasteiger partial charge in [-0.2, -0.15) is 0 Å². The minimum absolute atomic E-state index is 0.0233. The molecule has 0 aromatic heterocycles. The van der Waals surface area contributed by atoms with Crippen molar-refractivity contribution in [3.8, 4) is 11.5 Å². The Labute approximate surface area is 154 Å². The Morgan fingerprint density at radius 2 is 1.88 bits per heavy atom. The van der Waals surface area contributed by atoms with E-state index in [-0.39, 0.29) is 17.7 Å². The van der Waals surface area contributed by atoms with Crippen LogP contribution >= 0.6 is 0 Å². The number of carbonyl (C=O) groups is 1. The van der Waals surface area contributed by atoms with Crippen molar-refractivity contribution in [1.29, 1.82) is 0 Å². The smallest absolute Gasteiger partial charge is 0.319 e. The standard InChI is InChI=1S/C19H28N2O5/c1-3-19(2,17-25-11-12-26-17)7-4-8-20-18(22)21-14-5-6-15-16(13-14)24-10-9-23-15/h5-6,13,17H,3-4,7-12H2,1-2H3,(H2,20,21,22)/t19-/m0/s1. The van der Waals surface area contributed by atoms with E-state index in [0.717, 1.165) is 19.3 Å². The van der Waals surface area contributed by atoms with E-state index in [4.69, 9.17) is 18.9 Å². The maximum Gasteiger partial charge on any atom is 0.319 e. The Morgan fingerprint density at radius 1 is 1.15 bits per heavy atom. The van der Waals surface area contributed by atoms with Crippen LogP contribution in [0.5, 0.6) is 11.5 Å². The molecule has 2 N–H and O–H groups in total. The molecular formula is C19H28N2O5. The normalized spacial score (nSPS) is 19.0. The number of ether oxygens (including phenoxy) is 4. The molecule has 144 valence electrons. The molecule has 0 bridgehead atoms. The van der Waals surface area contributed by atoms with Gasteiger partial charge in [-0.15, -0.1) is 0 Å². The number of hydrogen-bond acceptors (Lipinski definition) is 5. The van der Waals surface area contributed by atoms with Crippen molar-refractivity contribution in [2.24, 2.45) is 5.41 Å². The average molecular weight is 364 g/mol. The number of anilines is 1. The van der Waals surface area contributed by atoms with Crippen LogP contribution in [0.25, 0.3) is 0 Å². The lowest BCUT2D eigenvalue weighted by molar-refractivity contribution is -0.131. The molecule has 2 amide bonds. The third-order valence-corrected chi connectivity index (χ3v) is 5.01. The van der Waals surface area contributed by atoms with Crippen molar-refractivity contribution < 1.29 is 23.7 Å².